The molecule has 0 radical (unpaired) electrons. The number of carbonyl (C=O) groups is 1. The minimum absolute atomic E-state index is 0.0729. The van der Waals surface area contributed by atoms with E-state index in [4.69, 9.17) is 5.73 Å². The first-order valence-corrected chi connectivity index (χ1v) is 7.33. The van der Waals surface area contributed by atoms with Crippen molar-refractivity contribution in [3.05, 3.63) is 17.0 Å². The van der Waals surface area contributed by atoms with Crippen LogP contribution in [0.2, 0.25) is 0 Å². The summed E-state index contributed by atoms with van der Waals surface area (Å²) in [5.41, 5.74) is 9.02. The second-order valence-corrected chi connectivity index (χ2v) is 5.90. The van der Waals surface area contributed by atoms with Gasteiger partial charge in [-0.15, -0.1) is 0 Å². The van der Waals surface area contributed by atoms with Gasteiger partial charge in [0, 0.05) is 31.7 Å². The normalized spacial score (nSPS) is 12.8. The van der Waals surface area contributed by atoms with Gasteiger partial charge in [-0.25, -0.2) is 0 Å². The summed E-state index contributed by atoms with van der Waals surface area (Å²) in [6.45, 7) is 8.79. The molecule has 1 atom stereocenters. The Kier molecular flexibility index (Phi) is 6.20. The van der Waals surface area contributed by atoms with E-state index in [1.54, 1.807) is 0 Å². The molecule has 1 heterocycles. The summed E-state index contributed by atoms with van der Waals surface area (Å²) >= 11 is 0. The first kappa shape index (κ1) is 16.7. The van der Waals surface area contributed by atoms with Crippen molar-refractivity contribution in [2.45, 2.75) is 53.0 Å². The van der Waals surface area contributed by atoms with Crippen LogP contribution in [-0.4, -0.2) is 28.3 Å². The summed E-state index contributed by atoms with van der Waals surface area (Å²) in [5.74, 6) is 0.607. The number of hydrogen-bond donors (Lipinski definition) is 2. The molecule has 0 fully saturated rings. The summed E-state index contributed by atoms with van der Waals surface area (Å²) in [6, 6.07) is 0.0820. The number of aryl methyl sites for hydroxylation is 2. The lowest BCUT2D eigenvalue weighted by atomic mass is 10.0. The molecule has 0 aliphatic carbocycles. The molecule has 0 bridgehead atoms. The average Bonchev–Trinajstić information content (AvgIpc) is 2.60. The maximum Gasteiger partial charge on any atom is 0.220 e. The molecule has 1 aromatic heterocycles. The van der Waals surface area contributed by atoms with E-state index in [2.05, 4.69) is 24.3 Å². The molecule has 0 saturated carbocycles. The molecule has 0 aliphatic rings. The Morgan fingerprint density at radius 3 is 2.50 bits per heavy atom. The standard InChI is InChI=1S/C15H28N4O/c1-10(2)8-13(9-16)17-15(20)7-6-14-11(3)18-19(5)12(14)4/h10,13H,6-9,16H2,1-5H3,(H,17,20). The summed E-state index contributed by atoms with van der Waals surface area (Å²) in [6.07, 6.45) is 2.14. The number of nitrogens with one attached hydrogen (secondary N) is 1. The van der Waals surface area contributed by atoms with Gasteiger partial charge in [0.05, 0.1) is 5.69 Å². The van der Waals surface area contributed by atoms with Gasteiger partial charge in [0.25, 0.3) is 0 Å². The molecule has 5 nitrogen and oxygen atoms in total. The van der Waals surface area contributed by atoms with Crippen LogP contribution < -0.4 is 11.1 Å². The molecule has 114 valence electrons. The first-order chi connectivity index (χ1) is 9.35. The van der Waals surface area contributed by atoms with Crippen LogP contribution in [0, 0.1) is 19.8 Å². The fourth-order valence-electron chi connectivity index (χ4n) is 2.50. The Bertz CT molecular complexity index is 451. The Balaban J connectivity index is 2.50. The van der Waals surface area contributed by atoms with E-state index >= 15 is 0 Å². The topological polar surface area (TPSA) is 72.9 Å². The monoisotopic (exact) mass is 280 g/mol. The van der Waals surface area contributed by atoms with Crippen molar-refractivity contribution in [2.24, 2.45) is 18.7 Å². The fraction of sp³-hybridized carbons (Fsp3) is 0.733. The molecule has 0 aliphatic heterocycles. The maximum absolute atomic E-state index is 12.0. The number of carbonyl (C=O) groups excluding carboxylic acids is 1. The van der Waals surface area contributed by atoms with Crippen LogP contribution in [-0.2, 0) is 18.3 Å². The van der Waals surface area contributed by atoms with Crippen molar-refractivity contribution in [1.29, 1.82) is 0 Å². The highest BCUT2D eigenvalue weighted by molar-refractivity contribution is 5.76. The molecule has 0 spiro atoms. The van der Waals surface area contributed by atoms with Crippen LogP contribution in [0.1, 0.15) is 43.6 Å². The SMILES string of the molecule is Cc1nn(C)c(C)c1CCC(=O)NC(CN)CC(C)C. The lowest BCUT2D eigenvalue weighted by molar-refractivity contribution is -0.121. The van der Waals surface area contributed by atoms with E-state index in [9.17, 15) is 4.79 Å². The van der Waals surface area contributed by atoms with Crippen molar-refractivity contribution in [3.8, 4) is 0 Å². The Morgan fingerprint density at radius 2 is 2.05 bits per heavy atom. The molecule has 1 amide bonds. The zero-order valence-electron chi connectivity index (χ0n) is 13.4. The largest absolute Gasteiger partial charge is 0.352 e. The summed E-state index contributed by atoms with van der Waals surface area (Å²) < 4.78 is 1.87. The maximum atomic E-state index is 12.0. The molecule has 0 aromatic carbocycles. The van der Waals surface area contributed by atoms with Gasteiger partial charge in [-0.3, -0.25) is 9.48 Å². The van der Waals surface area contributed by atoms with E-state index < -0.39 is 0 Å². The van der Waals surface area contributed by atoms with Crippen LogP contribution in [0.3, 0.4) is 0 Å². The second-order valence-electron chi connectivity index (χ2n) is 5.90. The highest BCUT2D eigenvalue weighted by atomic mass is 16.1. The zero-order chi connectivity index (χ0) is 15.3. The predicted molar refractivity (Wildman–Crippen MR) is 81.4 cm³/mol. The molecule has 20 heavy (non-hydrogen) atoms. The minimum Gasteiger partial charge on any atom is -0.352 e. The Hall–Kier alpha value is -1.36. The van der Waals surface area contributed by atoms with E-state index in [1.165, 1.54) is 5.56 Å². The number of nitrogens with zero attached hydrogens (tertiary/aromatic N) is 2. The van der Waals surface area contributed by atoms with Crippen molar-refractivity contribution < 1.29 is 4.79 Å². The molecule has 0 saturated heterocycles. The van der Waals surface area contributed by atoms with E-state index in [-0.39, 0.29) is 11.9 Å². The Morgan fingerprint density at radius 1 is 1.40 bits per heavy atom. The average molecular weight is 280 g/mol. The van der Waals surface area contributed by atoms with Gasteiger partial charge in [0.2, 0.25) is 5.91 Å². The predicted octanol–water partition coefficient (Wildman–Crippen LogP) is 1.46. The summed E-state index contributed by atoms with van der Waals surface area (Å²) in [5, 5.41) is 7.39. The lowest BCUT2D eigenvalue weighted by Gasteiger charge is -2.18. The third-order valence-corrected chi connectivity index (χ3v) is 3.67. The van der Waals surface area contributed by atoms with Crippen molar-refractivity contribution in [2.75, 3.05) is 6.54 Å². The van der Waals surface area contributed by atoms with E-state index in [1.807, 2.05) is 25.6 Å². The molecular formula is C15H28N4O. The molecular weight excluding hydrogens is 252 g/mol. The molecule has 1 unspecified atom stereocenters. The fourth-order valence-corrected chi connectivity index (χ4v) is 2.50. The molecule has 1 aromatic rings. The van der Waals surface area contributed by atoms with Gasteiger partial charge in [-0.1, -0.05) is 13.8 Å². The molecule has 3 N–H and O–H groups in total. The zero-order valence-corrected chi connectivity index (χ0v) is 13.4. The van der Waals surface area contributed by atoms with Crippen LogP contribution in [0.5, 0.6) is 0 Å². The quantitative estimate of drug-likeness (QED) is 0.794. The highest BCUT2D eigenvalue weighted by Crippen LogP contribution is 2.14. The molecule has 5 heteroatoms. The second kappa shape index (κ2) is 7.43. The number of aromatic nitrogens is 2. The van der Waals surface area contributed by atoms with E-state index in [0.29, 0.717) is 18.9 Å². The smallest absolute Gasteiger partial charge is 0.220 e. The van der Waals surface area contributed by atoms with Crippen molar-refractivity contribution in [1.82, 2.24) is 15.1 Å². The van der Waals surface area contributed by atoms with Gasteiger partial charge in [0.1, 0.15) is 0 Å². The third kappa shape index (κ3) is 4.63. The van der Waals surface area contributed by atoms with Gasteiger partial charge < -0.3 is 11.1 Å². The van der Waals surface area contributed by atoms with Gasteiger partial charge in [-0.05, 0) is 38.2 Å². The van der Waals surface area contributed by atoms with Crippen LogP contribution in [0.25, 0.3) is 0 Å². The van der Waals surface area contributed by atoms with Gasteiger partial charge >= 0.3 is 0 Å². The number of hydrogen-bond acceptors (Lipinski definition) is 3. The number of nitrogens with two attached hydrogens (primary N) is 1. The minimum atomic E-state index is 0.0729. The third-order valence-electron chi connectivity index (χ3n) is 3.67. The number of amides is 1. The number of rotatable bonds is 7. The van der Waals surface area contributed by atoms with Crippen molar-refractivity contribution in [3.63, 3.8) is 0 Å². The highest BCUT2D eigenvalue weighted by Gasteiger charge is 2.14. The Labute approximate surface area is 121 Å². The van der Waals surface area contributed by atoms with Crippen molar-refractivity contribution >= 4 is 5.91 Å². The van der Waals surface area contributed by atoms with Crippen LogP contribution in [0.4, 0.5) is 0 Å². The summed E-state index contributed by atoms with van der Waals surface area (Å²) in [4.78, 5) is 12.0. The van der Waals surface area contributed by atoms with E-state index in [0.717, 1.165) is 24.2 Å². The first-order valence-electron chi connectivity index (χ1n) is 7.33. The van der Waals surface area contributed by atoms with Gasteiger partial charge in [0.15, 0.2) is 0 Å². The lowest BCUT2D eigenvalue weighted by Crippen LogP contribution is -2.41. The van der Waals surface area contributed by atoms with Crippen LogP contribution >= 0.6 is 0 Å². The summed E-state index contributed by atoms with van der Waals surface area (Å²) in [7, 11) is 1.93. The van der Waals surface area contributed by atoms with Gasteiger partial charge in [-0.2, -0.15) is 5.10 Å². The molecule has 1 rings (SSSR count). The van der Waals surface area contributed by atoms with Crippen LogP contribution in [0.15, 0.2) is 0 Å².